The van der Waals surface area contributed by atoms with Crippen LogP contribution >= 0.6 is 0 Å². The third kappa shape index (κ3) is 9.45. The van der Waals surface area contributed by atoms with Crippen molar-refractivity contribution < 1.29 is 34.1 Å². The Hall–Kier alpha value is -3.53. The number of carboxylic acids is 2. The van der Waals surface area contributed by atoms with Gasteiger partial charge in [0.25, 0.3) is 0 Å². The first kappa shape index (κ1) is 28.0. The van der Waals surface area contributed by atoms with Gasteiger partial charge in [0.1, 0.15) is 6.61 Å². The topological polar surface area (TPSA) is 117 Å². The van der Waals surface area contributed by atoms with E-state index in [1.807, 2.05) is 12.1 Å². The molecule has 1 amide bonds. The second-order valence-corrected chi connectivity index (χ2v) is 8.84. The van der Waals surface area contributed by atoms with Crippen molar-refractivity contribution in [2.75, 3.05) is 46.1 Å². The van der Waals surface area contributed by atoms with Crippen molar-refractivity contribution in [1.82, 2.24) is 9.80 Å². The lowest BCUT2D eigenvalue weighted by atomic mass is 9.96. The molecule has 198 valence electrons. The highest BCUT2D eigenvalue weighted by atomic mass is 16.5. The van der Waals surface area contributed by atoms with Crippen LogP contribution in [0.15, 0.2) is 72.8 Å². The maximum absolute atomic E-state index is 13.0. The molecule has 0 aromatic heterocycles. The van der Waals surface area contributed by atoms with Gasteiger partial charge in [0.15, 0.2) is 0 Å². The summed E-state index contributed by atoms with van der Waals surface area (Å²) in [5.74, 6) is -2.42. The monoisotopic (exact) mass is 510 g/mol. The van der Waals surface area contributed by atoms with E-state index in [1.165, 1.54) is 11.1 Å². The number of benzene rings is 2. The van der Waals surface area contributed by atoms with Crippen LogP contribution in [0.25, 0.3) is 0 Å². The molecule has 4 rings (SSSR count). The number of carbonyl (C=O) groups is 3. The van der Waals surface area contributed by atoms with Crippen LogP contribution in [0.5, 0.6) is 0 Å². The largest absolute Gasteiger partial charge is 0.478 e. The zero-order valence-electron chi connectivity index (χ0n) is 20.8. The molecule has 9 heteroatoms. The van der Waals surface area contributed by atoms with Crippen molar-refractivity contribution in [3.63, 3.8) is 0 Å². The highest BCUT2D eigenvalue weighted by molar-refractivity contribution is 5.89. The van der Waals surface area contributed by atoms with Crippen molar-refractivity contribution in [3.8, 4) is 0 Å². The summed E-state index contributed by atoms with van der Waals surface area (Å²) in [6.07, 6.45) is 2.85. The lowest BCUT2D eigenvalue weighted by molar-refractivity contribution is -0.152. The minimum Gasteiger partial charge on any atom is -0.478 e. The fraction of sp³-hybridized carbons (Fsp3) is 0.393. The summed E-state index contributed by atoms with van der Waals surface area (Å²) in [5, 5.41) is 15.6. The number of carbonyl (C=O) groups excluding carboxylic acids is 1. The van der Waals surface area contributed by atoms with Gasteiger partial charge in [0.05, 0.1) is 31.9 Å². The fourth-order valence-corrected chi connectivity index (χ4v) is 4.53. The number of carboxylic acid groups (broad SMARTS) is 2. The summed E-state index contributed by atoms with van der Waals surface area (Å²) in [5.41, 5.74) is 2.44. The summed E-state index contributed by atoms with van der Waals surface area (Å²) < 4.78 is 11.1. The number of amides is 1. The lowest BCUT2D eigenvalue weighted by Gasteiger charge is -2.42. The van der Waals surface area contributed by atoms with Gasteiger partial charge in [-0.15, -0.1) is 0 Å². The zero-order valence-corrected chi connectivity index (χ0v) is 20.8. The van der Waals surface area contributed by atoms with Gasteiger partial charge < -0.3 is 24.6 Å². The Bertz CT molecular complexity index is 1010. The predicted molar refractivity (Wildman–Crippen MR) is 137 cm³/mol. The number of aliphatic carboxylic acids is 2. The van der Waals surface area contributed by atoms with Gasteiger partial charge in [-0.1, -0.05) is 60.7 Å². The van der Waals surface area contributed by atoms with Gasteiger partial charge in [0, 0.05) is 31.8 Å². The summed E-state index contributed by atoms with van der Waals surface area (Å²) in [6.45, 7) is 5.24. The molecule has 2 fully saturated rings. The van der Waals surface area contributed by atoms with Crippen molar-refractivity contribution in [2.24, 2.45) is 0 Å². The molecule has 2 aromatic rings. The second-order valence-electron chi connectivity index (χ2n) is 8.84. The first-order valence-corrected chi connectivity index (χ1v) is 12.4. The van der Waals surface area contributed by atoms with E-state index < -0.39 is 11.9 Å². The highest BCUT2D eigenvalue weighted by Gasteiger charge is 2.35. The summed E-state index contributed by atoms with van der Waals surface area (Å²) in [6, 6.07) is 20.9. The van der Waals surface area contributed by atoms with Crippen molar-refractivity contribution in [3.05, 3.63) is 83.9 Å². The average Bonchev–Trinajstić information content (AvgIpc) is 2.91. The number of ether oxygens (including phenoxy) is 2. The summed E-state index contributed by atoms with van der Waals surface area (Å²) in [7, 11) is 0. The molecule has 0 aliphatic carbocycles. The number of morpholine rings is 2. The third-order valence-electron chi connectivity index (χ3n) is 6.24. The zero-order chi connectivity index (χ0) is 26.5. The molecule has 2 saturated heterocycles. The smallest absolute Gasteiger partial charge is 0.328 e. The van der Waals surface area contributed by atoms with Gasteiger partial charge in [-0.25, -0.2) is 9.59 Å². The van der Waals surface area contributed by atoms with E-state index in [1.54, 1.807) is 0 Å². The van der Waals surface area contributed by atoms with E-state index in [0.29, 0.717) is 18.8 Å². The molecule has 2 heterocycles. The normalized spacial score (nSPS) is 19.2. The first-order valence-electron chi connectivity index (χ1n) is 12.4. The Morgan fingerprint density at radius 2 is 1.51 bits per heavy atom. The molecular formula is C28H34N2O7. The minimum absolute atomic E-state index is 0.0496. The Morgan fingerprint density at radius 3 is 2.11 bits per heavy atom. The molecule has 37 heavy (non-hydrogen) atoms. The van der Waals surface area contributed by atoms with Crippen LogP contribution in [0.1, 0.15) is 23.6 Å². The molecule has 9 nitrogen and oxygen atoms in total. The van der Waals surface area contributed by atoms with Crippen molar-refractivity contribution in [1.29, 1.82) is 0 Å². The van der Waals surface area contributed by atoms with E-state index in [-0.39, 0.29) is 24.6 Å². The molecule has 2 aliphatic heterocycles. The van der Waals surface area contributed by atoms with Gasteiger partial charge in [-0.05, 0) is 24.0 Å². The molecule has 0 bridgehead atoms. The SMILES string of the molecule is O=C(O)/C=C/C(=O)O.O=C1COCC(Cc2ccccc2)N1C(CCN1CCOCC1)c1ccccc1. The minimum atomic E-state index is -1.26. The molecule has 0 radical (unpaired) electrons. The first-order chi connectivity index (χ1) is 17.9. The molecule has 2 unspecified atom stereocenters. The van der Waals surface area contributed by atoms with Gasteiger partial charge in [0.2, 0.25) is 5.91 Å². The fourth-order valence-electron chi connectivity index (χ4n) is 4.53. The average molecular weight is 511 g/mol. The molecule has 0 spiro atoms. The quantitative estimate of drug-likeness (QED) is 0.495. The van der Waals surface area contributed by atoms with Gasteiger partial charge in [-0.3, -0.25) is 9.69 Å². The Labute approximate surface area is 216 Å². The third-order valence-corrected chi connectivity index (χ3v) is 6.24. The highest BCUT2D eigenvalue weighted by Crippen LogP contribution is 2.30. The Balaban J connectivity index is 0.000000414. The van der Waals surface area contributed by atoms with Gasteiger partial charge >= 0.3 is 11.9 Å². The van der Waals surface area contributed by atoms with Crippen molar-refractivity contribution >= 4 is 17.8 Å². The number of rotatable bonds is 9. The van der Waals surface area contributed by atoms with E-state index in [9.17, 15) is 14.4 Å². The molecule has 2 N–H and O–H groups in total. The van der Waals surface area contributed by atoms with Crippen LogP contribution in [0.3, 0.4) is 0 Å². The predicted octanol–water partition coefficient (Wildman–Crippen LogP) is 2.63. The molecule has 0 saturated carbocycles. The second kappa shape index (κ2) is 14.9. The summed E-state index contributed by atoms with van der Waals surface area (Å²) >= 11 is 0. The van der Waals surface area contributed by atoms with Crippen LogP contribution in [-0.4, -0.2) is 90.0 Å². The number of nitrogens with zero attached hydrogens (tertiary/aromatic N) is 2. The Morgan fingerprint density at radius 1 is 0.919 bits per heavy atom. The van der Waals surface area contributed by atoms with Crippen LogP contribution in [0.4, 0.5) is 0 Å². The maximum Gasteiger partial charge on any atom is 0.328 e. The van der Waals surface area contributed by atoms with E-state index >= 15 is 0 Å². The van der Waals surface area contributed by atoms with Crippen molar-refractivity contribution in [2.45, 2.75) is 24.9 Å². The lowest BCUT2D eigenvalue weighted by Crippen LogP contribution is -2.52. The van der Waals surface area contributed by atoms with E-state index in [2.05, 4.69) is 58.3 Å². The van der Waals surface area contributed by atoms with Gasteiger partial charge in [-0.2, -0.15) is 0 Å². The molecule has 2 aliphatic rings. The van der Waals surface area contributed by atoms with Crippen LogP contribution < -0.4 is 0 Å². The van der Waals surface area contributed by atoms with Crippen LogP contribution in [0.2, 0.25) is 0 Å². The standard InChI is InChI=1S/C24H30N2O3.C4H4O4/c27-24-19-29-18-22(17-20-7-3-1-4-8-20)26(24)23(21-9-5-2-6-10-21)11-12-25-13-15-28-16-14-25;5-3(6)1-2-4(7)8/h1-10,22-23H,11-19H2;1-2H,(H,5,6)(H,7,8)/b;2-1+. The van der Waals surface area contributed by atoms with E-state index in [0.717, 1.165) is 45.7 Å². The van der Waals surface area contributed by atoms with E-state index in [4.69, 9.17) is 19.7 Å². The summed E-state index contributed by atoms with van der Waals surface area (Å²) in [4.78, 5) is 36.7. The molecule has 2 atom stereocenters. The maximum atomic E-state index is 13.0. The van der Waals surface area contributed by atoms with Crippen LogP contribution in [-0.2, 0) is 30.3 Å². The van der Waals surface area contributed by atoms with Crippen LogP contribution in [0, 0.1) is 0 Å². The number of hydrogen-bond donors (Lipinski definition) is 2. The number of hydrogen-bond acceptors (Lipinski definition) is 6. The molecule has 2 aromatic carbocycles. The molecular weight excluding hydrogens is 476 g/mol. The Kier molecular flexibility index (Phi) is 11.3.